The van der Waals surface area contributed by atoms with E-state index in [4.69, 9.17) is 9.26 Å². The van der Waals surface area contributed by atoms with Crippen LogP contribution in [0, 0.1) is 11.8 Å². The molecule has 3 fully saturated rings. The second-order valence-electron chi connectivity index (χ2n) is 7.51. The van der Waals surface area contributed by atoms with Gasteiger partial charge in [-0.15, -0.1) is 0 Å². The number of amides is 1. The lowest BCUT2D eigenvalue weighted by atomic mass is 9.87. The van der Waals surface area contributed by atoms with Crippen molar-refractivity contribution in [3.05, 3.63) is 17.5 Å². The summed E-state index contributed by atoms with van der Waals surface area (Å²) < 4.78 is 10.9. The first-order valence-electron chi connectivity index (χ1n) is 9.03. The van der Waals surface area contributed by atoms with Crippen molar-refractivity contribution in [3.8, 4) is 0 Å². The summed E-state index contributed by atoms with van der Waals surface area (Å²) in [5.41, 5.74) is 0.979. The van der Waals surface area contributed by atoms with Crippen LogP contribution in [0.1, 0.15) is 67.1 Å². The van der Waals surface area contributed by atoms with Gasteiger partial charge >= 0.3 is 0 Å². The van der Waals surface area contributed by atoms with Gasteiger partial charge in [-0.05, 0) is 37.5 Å². The summed E-state index contributed by atoms with van der Waals surface area (Å²) in [6.45, 7) is 1.67. The molecule has 4 rings (SSSR count). The maximum atomic E-state index is 12.7. The first-order chi connectivity index (χ1) is 11.2. The van der Waals surface area contributed by atoms with Crippen molar-refractivity contribution in [2.75, 3.05) is 20.2 Å². The number of methoxy groups -OCH3 is 1. The first kappa shape index (κ1) is 15.2. The highest BCUT2D eigenvalue weighted by molar-refractivity contribution is 5.91. The number of likely N-dealkylation sites (tertiary alicyclic amines) is 1. The summed E-state index contributed by atoms with van der Waals surface area (Å²) in [5, 5.41) is 4.19. The minimum absolute atomic E-state index is 0.0166. The maximum Gasteiger partial charge on any atom is 0.292 e. The average molecular weight is 318 g/mol. The van der Waals surface area contributed by atoms with Gasteiger partial charge in [0.2, 0.25) is 5.76 Å². The predicted molar refractivity (Wildman–Crippen MR) is 85.2 cm³/mol. The lowest BCUT2D eigenvalue weighted by Crippen LogP contribution is -2.30. The SMILES string of the molecule is COC1C[C@@H]2CN(C(=O)c3cc(C4CCCCC4)no3)C[C@@H]2C1. The van der Waals surface area contributed by atoms with E-state index in [9.17, 15) is 4.79 Å². The molecule has 2 aliphatic carbocycles. The van der Waals surface area contributed by atoms with Crippen molar-refractivity contribution in [1.82, 2.24) is 10.1 Å². The molecule has 23 heavy (non-hydrogen) atoms. The molecule has 0 aromatic carbocycles. The molecule has 0 radical (unpaired) electrons. The van der Waals surface area contributed by atoms with Crippen LogP contribution < -0.4 is 0 Å². The van der Waals surface area contributed by atoms with E-state index in [1.807, 2.05) is 11.0 Å². The fourth-order valence-electron chi connectivity index (χ4n) is 4.74. The number of nitrogens with zero attached hydrogens (tertiary/aromatic N) is 2. The fourth-order valence-corrected chi connectivity index (χ4v) is 4.74. The summed E-state index contributed by atoms with van der Waals surface area (Å²) >= 11 is 0. The molecule has 2 saturated carbocycles. The van der Waals surface area contributed by atoms with Crippen LogP contribution in [0.4, 0.5) is 0 Å². The largest absolute Gasteiger partial charge is 0.381 e. The lowest BCUT2D eigenvalue weighted by molar-refractivity contribution is 0.0695. The molecule has 1 aliphatic heterocycles. The zero-order valence-electron chi connectivity index (χ0n) is 13.9. The molecule has 3 aliphatic rings. The molecule has 2 heterocycles. The minimum Gasteiger partial charge on any atom is -0.381 e. The van der Waals surface area contributed by atoms with E-state index in [0.717, 1.165) is 31.6 Å². The number of aromatic nitrogens is 1. The van der Waals surface area contributed by atoms with Gasteiger partial charge in [-0.25, -0.2) is 0 Å². The molecule has 1 saturated heterocycles. The smallest absolute Gasteiger partial charge is 0.292 e. The normalized spacial score (nSPS) is 31.5. The van der Waals surface area contributed by atoms with Crippen LogP contribution >= 0.6 is 0 Å². The fraction of sp³-hybridized carbons (Fsp3) is 0.778. The van der Waals surface area contributed by atoms with Crippen LogP contribution in [0.2, 0.25) is 0 Å². The molecule has 0 N–H and O–H groups in total. The Morgan fingerprint density at radius 1 is 1.22 bits per heavy atom. The van der Waals surface area contributed by atoms with E-state index in [2.05, 4.69) is 5.16 Å². The standard InChI is InChI=1S/C18H26N2O3/c1-22-15-7-13-10-20(11-14(13)8-15)18(21)17-9-16(19-23-17)12-5-3-2-4-6-12/h9,12-15H,2-8,10-11H2,1H3/t13-,14+,15?. The van der Waals surface area contributed by atoms with Crippen molar-refractivity contribution >= 4 is 5.91 Å². The molecule has 3 atom stereocenters. The lowest BCUT2D eigenvalue weighted by Gasteiger charge is -2.18. The van der Waals surface area contributed by atoms with Crippen molar-refractivity contribution < 1.29 is 14.1 Å². The number of rotatable bonds is 3. The Bertz CT molecular complexity index is 550. The topological polar surface area (TPSA) is 55.6 Å². The van der Waals surface area contributed by atoms with Gasteiger partial charge in [0.05, 0.1) is 11.8 Å². The van der Waals surface area contributed by atoms with Gasteiger partial charge in [-0.2, -0.15) is 0 Å². The van der Waals surface area contributed by atoms with E-state index in [-0.39, 0.29) is 5.91 Å². The summed E-state index contributed by atoms with van der Waals surface area (Å²) in [6, 6.07) is 1.89. The van der Waals surface area contributed by atoms with Gasteiger partial charge in [-0.3, -0.25) is 4.79 Å². The van der Waals surface area contributed by atoms with Crippen molar-refractivity contribution in [2.24, 2.45) is 11.8 Å². The van der Waals surface area contributed by atoms with E-state index in [1.54, 1.807) is 7.11 Å². The van der Waals surface area contributed by atoms with Gasteiger partial charge in [0, 0.05) is 32.2 Å². The van der Waals surface area contributed by atoms with Gasteiger partial charge in [0.25, 0.3) is 5.91 Å². The predicted octanol–water partition coefficient (Wildman–Crippen LogP) is 3.22. The van der Waals surface area contributed by atoms with E-state index in [1.165, 1.54) is 32.1 Å². The average Bonchev–Trinajstić information content (AvgIpc) is 3.29. The Labute approximate surface area is 137 Å². The maximum absolute atomic E-state index is 12.7. The molecule has 5 nitrogen and oxygen atoms in total. The van der Waals surface area contributed by atoms with Gasteiger partial charge < -0.3 is 14.2 Å². The Morgan fingerprint density at radius 3 is 2.57 bits per heavy atom. The third kappa shape index (κ3) is 2.91. The zero-order valence-corrected chi connectivity index (χ0v) is 13.9. The van der Waals surface area contributed by atoms with Crippen LogP contribution in [0.3, 0.4) is 0 Å². The quantitative estimate of drug-likeness (QED) is 0.858. The Morgan fingerprint density at radius 2 is 1.91 bits per heavy atom. The molecule has 126 valence electrons. The second-order valence-corrected chi connectivity index (χ2v) is 7.51. The number of carbonyl (C=O) groups is 1. The number of hydrogen-bond acceptors (Lipinski definition) is 4. The minimum atomic E-state index is 0.0166. The van der Waals surface area contributed by atoms with Crippen LogP contribution in [-0.2, 0) is 4.74 Å². The van der Waals surface area contributed by atoms with Crippen LogP contribution in [0.15, 0.2) is 10.6 Å². The number of fused-ring (bicyclic) bond motifs is 1. The van der Waals surface area contributed by atoms with Gasteiger partial charge in [-0.1, -0.05) is 24.4 Å². The highest BCUT2D eigenvalue weighted by atomic mass is 16.5. The Balaban J connectivity index is 1.39. The molecule has 0 spiro atoms. The number of carbonyl (C=O) groups excluding carboxylic acids is 1. The second kappa shape index (κ2) is 6.27. The molecular formula is C18H26N2O3. The molecule has 1 amide bonds. The highest BCUT2D eigenvalue weighted by Gasteiger charge is 2.43. The zero-order chi connectivity index (χ0) is 15.8. The third-order valence-corrected chi connectivity index (χ3v) is 6.09. The summed E-state index contributed by atoms with van der Waals surface area (Å²) in [4.78, 5) is 14.6. The van der Waals surface area contributed by atoms with Crippen molar-refractivity contribution in [3.63, 3.8) is 0 Å². The van der Waals surface area contributed by atoms with Crippen LogP contribution in [0.25, 0.3) is 0 Å². The van der Waals surface area contributed by atoms with Gasteiger partial charge in [0.15, 0.2) is 0 Å². The highest BCUT2D eigenvalue weighted by Crippen LogP contribution is 2.40. The summed E-state index contributed by atoms with van der Waals surface area (Å²) in [6.07, 6.45) is 8.72. The number of ether oxygens (including phenoxy) is 1. The van der Waals surface area contributed by atoms with E-state index in [0.29, 0.717) is 29.6 Å². The van der Waals surface area contributed by atoms with E-state index < -0.39 is 0 Å². The third-order valence-electron chi connectivity index (χ3n) is 6.09. The molecule has 5 heteroatoms. The molecule has 1 unspecified atom stereocenters. The molecule has 0 bridgehead atoms. The van der Waals surface area contributed by atoms with Crippen LogP contribution in [-0.4, -0.2) is 42.3 Å². The van der Waals surface area contributed by atoms with Crippen LogP contribution in [0.5, 0.6) is 0 Å². The summed E-state index contributed by atoms with van der Waals surface area (Å²) in [5.74, 6) is 2.10. The molecule has 1 aromatic heterocycles. The molecular weight excluding hydrogens is 292 g/mol. The summed E-state index contributed by atoms with van der Waals surface area (Å²) in [7, 11) is 1.79. The monoisotopic (exact) mass is 318 g/mol. The first-order valence-corrected chi connectivity index (χ1v) is 9.03. The van der Waals surface area contributed by atoms with Crippen molar-refractivity contribution in [2.45, 2.75) is 57.0 Å². The Kier molecular flexibility index (Phi) is 4.14. The van der Waals surface area contributed by atoms with Crippen molar-refractivity contribution in [1.29, 1.82) is 0 Å². The van der Waals surface area contributed by atoms with Gasteiger partial charge in [0.1, 0.15) is 0 Å². The Hall–Kier alpha value is -1.36. The number of hydrogen-bond donors (Lipinski definition) is 0. The van der Waals surface area contributed by atoms with E-state index >= 15 is 0 Å². The molecule has 1 aromatic rings.